The molecule has 19 heavy (non-hydrogen) atoms. The van der Waals surface area contributed by atoms with Gasteiger partial charge in [-0.2, -0.15) is 0 Å². The number of benzene rings is 2. The van der Waals surface area contributed by atoms with Gasteiger partial charge in [0.15, 0.2) is 6.33 Å². The molecule has 0 saturated heterocycles. The van der Waals surface area contributed by atoms with E-state index in [9.17, 15) is 0 Å². The molecule has 2 heterocycles. The summed E-state index contributed by atoms with van der Waals surface area (Å²) in [4.78, 5) is 11.7. The van der Waals surface area contributed by atoms with Crippen LogP contribution in [0, 0.1) is 6.33 Å². The smallest absolute Gasteiger partial charge is 0.174 e. The van der Waals surface area contributed by atoms with Crippen molar-refractivity contribution in [2.75, 3.05) is 0 Å². The zero-order valence-electron chi connectivity index (χ0n) is 10.1. The number of hydrogen-bond acceptors (Lipinski definition) is 2. The lowest BCUT2D eigenvalue weighted by molar-refractivity contribution is 1.31. The highest BCUT2D eigenvalue weighted by Gasteiger charge is 2.07. The van der Waals surface area contributed by atoms with Crippen LogP contribution in [0.25, 0.3) is 33.1 Å². The molecule has 89 valence electrons. The average Bonchev–Trinajstić information content (AvgIpc) is 2.95. The molecule has 4 rings (SSSR count). The topological polar surface area (TPSA) is 41.6 Å². The molecular formula is C16H10N3. The number of nitrogens with zero attached hydrogens (tertiary/aromatic N) is 2. The largest absolute Gasteiger partial charge is 0.335 e. The molecule has 3 nitrogen and oxygen atoms in total. The van der Waals surface area contributed by atoms with Gasteiger partial charge in [-0.05, 0) is 22.9 Å². The Morgan fingerprint density at radius 2 is 1.84 bits per heavy atom. The van der Waals surface area contributed by atoms with Gasteiger partial charge in [0.05, 0.1) is 11.2 Å². The van der Waals surface area contributed by atoms with Gasteiger partial charge < -0.3 is 4.98 Å². The Morgan fingerprint density at radius 1 is 0.947 bits per heavy atom. The molecule has 0 fully saturated rings. The first-order valence-corrected chi connectivity index (χ1v) is 6.12. The Labute approximate surface area is 110 Å². The third-order valence-corrected chi connectivity index (χ3v) is 3.31. The summed E-state index contributed by atoms with van der Waals surface area (Å²) in [5.74, 6) is 0. The first-order chi connectivity index (χ1) is 9.42. The summed E-state index contributed by atoms with van der Waals surface area (Å²) in [6, 6.07) is 16.5. The molecule has 0 spiro atoms. The maximum absolute atomic E-state index is 4.45. The van der Waals surface area contributed by atoms with E-state index in [4.69, 9.17) is 0 Å². The van der Waals surface area contributed by atoms with Gasteiger partial charge in [0, 0.05) is 11.8 Å². The molecule has 0 saturated carbocycles. The van der Waals surface area contributed by atoms with Gasteiger partial charge in [-0.25, -0.2) is 4.98 Å². The lowest BCUT2D eigenvalue weighted by Crippen LogP contribution is -1.85. The van der Waals surface area contributed by atoms with Crippen LogP contribution in [0.5, 0.6) is 0 Å². The van der Waals surface area contributed by atoms with Crippen molar-refractivity contribution >= 4 is 21.8 Å². The molecule has 3 heteroatoms. The normalized spacial score (nSPS) is 11.2. The van der Waals surface area contributed by atoms with Crippen molar-refractivity contribution in [3.05, 3.63) is 61.1 Å². The average molecular weight is 244 g/mol. The van der Waals surface area contributed by atoms with E-state index in [0.29, 0.717) is 0 Å². The van der Waals surface area contributed by atoms with Crippen molar-refractivity contribution in [2.24, 2.45) is 0 Å². The fourth-order valence-electron chi connectivity index (χ4n) is 2.36. The molecule has 0 aliphatic carbocycles. The van der Waals surface area contributed by atoms with E-state index < -0.39 is 0 Å². The van der Waals surface area contributed by atoms with Crippen LogP contribution in [0.2, 0.25) is 0 Å². The molecule has 0 amide bonds. The molecule has 2 aromatic carbocycles. The van der Waals surface area contributed by atoms with E-state index in [1.807, 2.05) is 18.2 Å². The van der Waals surface area contributed by atoms with Crippen LogP contribution < -0.4 is 0 Å². The lowest BCUT2D eigenvalue weighted by Gasteiger charge is -2.04. The first kappa shape index (κ1) is 10.3. The Hall–Kier alpha value is -2.68. The minimum Gasteiger partial charge on any atom is -0.335 e. The van der Waals surface area contributed by atoms with Crippen LogP contribution in [0.3, 0.4) is 0 Å². The van der Waals surface area contributed by atoms with Gasteiger partial charge in [-0.3, -0.25) is 4.98 Å². The summed E-state index contributed by atoms with van der Waals surface area (Å²) in [5.41, 5.74) is 3.78. The summed E-state index contributed by atoms with van der Waals surface area (Å²) in [6.07, 6.45) is 4.56. The molecule has 0 aliphatic rings. The highest BCUT2D eigenvalue weighted by atomic mass is 14.9. The van der Waals surface area contributed by atoms with Gasteiger partial charge in [-0.15, -0.1) is 0 Å². The quantitative estimate of drug-likeness (QED) is 0.556. The van der Waals surface area contributed by atoms with Crippen molar-refractivity contribution in [1.82, 2.24) is 15.0 Å². The second-order valence-corrected chi connectivity index (χ2v) is 4.47. The van der Waals surface area contributed by atoms with Crippen molar-refractivity contribution in [3.8, 4) is 11.3 Å². The van der Waals surface area contributed by atoms with Crippen LogP contribution in [-0.4, -0.2) is 15.0 Å². The van der Waals surface area contributed by atoms with Crippen molar-refractivity contribution in [1.29, 1.82) is 0 Å². The summed E-state index contributed by atoms with van der Waals surface area (Å²) in [5, 5.41) is 2.44. The number of imidazole rings is 1. The number of hydrogen-bond donors (Lipinski definition) is 1. The SMILES string of the molecule is [c]1nc2c(-c3ccc4ccccc4c3)nccc2[nH]1. The second kappa shape index (κ2) is 3.92. The molecular weight excluding hydrogens is 234 g/mol. The monoisotopic (exact) mass is 244 g/mol. The Bertz CT molecular complexity index is 877. The highest BCUT2D eigenvalue weighted by molar-refractivity contribution is 5.93. The molecule has 2 aromatic heterocycles. The van der Waals surface area contributed by atoms with Crippen LogP contribution in [0.1, 0.15) is 0 Å². The van der Waals surface area contributed by atoms with E-state index in [1.165, 1.54) is 10.8 Å². The maximum Gasteiger partial charge on any atom is 0.174 e. The Kier molecular flexibility index (Phi) is 2.12. The number of rotatable bonds is 1. The van der Waals surface area contributed by atoms with Gasteiger partial charge in [-0.1, -0.05) is 36.4 Å². The molecule has 0 atom stereocenters. The predicted octanol–water partition coefficient (Wildman–Crippen LogP) is 3.58. The predicted molar refractivity (Wildman–Crippen MR) is 75.7 cm³/mol. The number of nitrogens with one attached hydrogen (secondary N) is 1. The highest BCUT2D eigenvalue weighted by Crippen LogP contribution is 2.27. The zero-order valence-corrected chi connectivity index (χ0v) is 10.1. The minimum absolute atomic E-state index is 0.859. The summed E-state index contributed by atoms with van der Waals surface area (Å²) >= 11 is 0. The molecule has 0 unspecified atom stereocenters. The van der Waals surface area contributed by atoms with Crippen molar-refractivity contribution < 1.29 is 0 Å². The van der Waals surface area contributed by atoms with E-state index in [0.717, 1.165) is 22.3 Å². The number of pyridine rings is 1. The minimum atomic E-state index is 0.859. The van der Waals surface area contributed by atoms with Crippen LogP contribution in [0.4, 0.5) is 0 Å². The Morgan fingerprint density at radius 3 is 2.79 bits per heavy atom. The summed E-state index contributed by atoms with van der Waals surface area (Å²) in [7, 11) is 0. The third-order valence-electron chi connectivity index (χ3n) is 3.31. The fraction of sp³-hybridized carbons (Fsp3) is 0. The Balaban J connectivity index is 2.01. The molecule has 1 N–H and O–H groups in total. The maximum atomic E-state index is 4.45. The third kappa shape index (κ3) is 1.59. The van der Waals surface area contributed by atoms with Crippen molar-refractivity contribution in [3.63, 3.8) is 0 Å². The van der Waals surface area contributed by atoms with E-state index in [1.54, 1.807) is 6.20 Å². The zero-order chi connectivity index (χ0) is 12.7. The number of fused-ring (bicyclic) bond motifs is 2. The van der Waals surface area contributed by atoms with Gasteiger partial charge in [0.25, 0.3) is 0 Å². The van der Waals surface area contributed by atoms with Gasteiger partial charge in [0.1, 0.15) is 5.52 Å². The summed E-state index contributed by atoms with van der Waals surface area (Å²) < 4.78 is 0. The van der Waals surface area contributed by atoms with Crippen LogP contribution in [-0.2, 0) is 0 Å². The first-order valence-electron chi connectivity index (χ1n) is 6.12. The molecule has 4 aromatic rings. The van der Waals surface area contributed by atoms with Gasteiger partial charge >= 0.3 is 0 Å². The van der Waals surface area contributed by atoms with Crippen LogP contribution >= 0.6 is 0 Å². The van der Waals surface area contributed by atoms with E-state index in [2.05, 4.69) is 51.6 Å². The number of aromatic nitrogens is 3. The van der Waals surface area contributed by atoms with Crippen LogP contribution in [0.15, 0.2) is 54.7 Å². The fourth-order valence-corrected chi connectivity index (χ4v) is 2.36. The number of aromatic amines is 1. The molecule has 0 bridgehead atoms. The van der Waals surface area contributed by atoms with Gasteiger partial charge in [0.2, 0.25) is 0 Å². The molecule has 0 aliphatic heterocycles. The van der Waals surface area contributed by atoms with E-state index >= 15 is 0 Å². The molecule has 1 radical (unpaired) electrons. The summed E-state index contributed by atoms with van der Waals surface area (Å²) in [6.45, 7) is 0. The number of H-pyrrole nitrogens is 1. The van der Waals surface area contributed by atoms with Crippen molar-refractivity contribution in [2.45, 2.75) is 0 Å². The van der Waals surface area contributed by atoms with E-state index in [-0.39, 0.29) is 0 Å². The lowest BCUT2D eigenvalue weighted by atomic mass is 10.0. The standard InChI is InChI=1S/C16H10N3/c1-2-4-12-9-13(6-5-11(12)3-1)15-16-14(7-8-17-15)18-10-19-16/h1-9H,(H,18,19). The second-order valence-electron chi connectivity index (χ2n) is 4.47.